The molecule has 8 nitrogen and oxygen atoms in total. The van der Waals surface area contributed by atoms with E-state index in [2.05, 4.69) is 51.2 Å². The highest BCUT2D eigenvalue weighted by molar-refractivity contribution is 7.92. The molecule has 2 aromatic carbocycles. The lowest BCUT2D eigenvalue weighted by molar-refractivity contribution is 0.424. The Morgan fingerprint density at radius 3 is 2.15 bits per heavy atom. The van der Waals surface area contributed by atoms with Crippen molar-refractivity contribution in [3.63, 3.8) is 0 Å². The number of hydrogen-bond acceptors (Lipinski definition) is 5. The molecule has 0 atom stereocenters. The maximum atomic E-state index is 13.9. The second-order valence-electron chi connectivity index (χ2n) is 11.0. The van der Waals surface area contributed by atoms with Gasteiger partial charge in [-0.25, -0.2) is 12.8 Å². The lowest BCUT2D eigenvalue weighted by atomic mass is 10.1. The number of aromatic amines is 1. The number of pyridine rings is 1. The Morgan fingerprint density at radius 1 is 1.03 bits per heavy atom. The van der Waals surface area contributed by atoms with E-state index in [1.54, 1.807) is 18.3 Å². The molecule has 3 N–H and O–H groups in total. The molecule has 0 saturated heterocycles. The molecule has 0 aliphatic heterocycles. The Hall–Kier alpha value is -3.31. The quantitative estimate of drug-likeness (QED) is 0.203. The van der Waals surface area contributed by atoms with Crippen LogP contribution in [-0.4, -0.2) is 37.6 Å². The molecule has 210 valence electrons. The fourth-order valence-corrected chi connectivity index (χ4v) is 11.8. The van der Waals surface area contributed by atoms with Crippen molar-refractivity contribution in [2.45, 2.75) is 64.7 Å². The van der Waals surface area contributed by atoms with Crippen molar-refractivity contribution >= 4 is 45.7 Å². The first-order valence-corrected chi connectivity index (χ1v) is 17.0. The van der Waals surface area contributed by atoms with Crippen molar-refractivity contribution in [2.75, 3.05) is 11.0 Å². The molecule has 0 bridgehead atoms. The predicted molar refractivity (Wildman–Crippen MR) is 157 cm³/mol. The zero-order valence-electron chi connectivity index (χ0n) is 23.3. The second-order valence-corrected chi connectivity index (χ2v) is 18.2. The van der Waals surface area contributed by atoms with Gasteiger partial charge in [0.15, 0.2) is 0 Å². The first kappa shape index (κ1) is 28.7. The third-order valence-corrected chi connectivity index (χ3v) is 14.1. The molecule has 39 heavy (non-hydrogen) atoms. The van der Waals surface area contributed by atoms with E-state index in [0.717, 1.165) is 6.26 Å². The molecule has 0 unspecified atom stereocenters. The number of anilines is 1. The summed E-state index contributed by atoms with van der Waals surface area (Å²) in [6.07, 6.45) is 2.70. The number of halogens is 1. The minimum atomic E-state index is -3.80. The Bertz CT molecular complexity index is 1670. The van der Waals surface area contributed by atoms with Crippen LogP contribution in [0.5, 0.6) is 11.6 Å². The van der Waals surface area contributed by atoms with Gasteiger partial charge in [0.1, 0.15) is 11.6 Å². The van der Waals surface area contributed by atoms with Crippen LogP contribution in [0.2, 0.25) is 16.6 Å². The normalized spacial score (nSPS) is 12.8. The van der Waals surface area contributed by atoms with Crippen molar-refractivity contribution in [1.29, 1.82) is 0 Å². The summed E-state index contributed by atoms with van der Waals surface area (Å²) < 4.78 is 49.2. The van der Waals surface area contributed by atoms with E-state index in [-0.39, 0.29) is 45.5 Å². The number of rotatable bonds is 9. The van der Waals surface area contributed by atoms with Crippen molar-refractivity contribution < 1.29 is 22.3 Å². The lowest BCUT2D eigenvalue weighted by Gasteiger charge is -2.42. The SMILES string of the molecule is CC(C)[Si](Oc1c2[nH]cccc2c(NS(C)(=O)=O)c2c(=O)n(Cc3ccc(F)cc3)c(O)c12)(C(C)C)C(C)C. The van der Waals surface area contributed by atoms with Crippen molar-refractivity contribution in [3.05, 3.63) is 64.3 Å². The highest BCUT2D eigenvalue weighted by Crippen LogP contribution is 2.49. The largest absolute Gasteiger partial charge is 0.541 e. The standard InChI is InChI=1S/C28H36FN3O5SSi/c1-16(2)39(17(3)4,18(5)6)37-26-23-22(24(31-38(7,35)36)21-9-8-14-30-25(21)26)27(33)32(28(23)34)15-19-10-12-20(29)13-11-19/h8-14,16-18,30-31,34H,15H2,1-7H3. The van der Waals surface area contributed by atoms with Crippen LogP contribution in [-0.2, 0) is 16.6 Å². The van der Waals surface area contributed by atoms with Crippen molar-refractivity contribution in [2.24, 2.45) is 0 Å². The third kappa shape index (κ3) is 5.05. The number of nitrogens with one attached hydrogen (secondary N) is 2. The van der Waals surface area contributed by atoms with Gasteiger partial charge in [-0.05, 0) is 46.5 Å². The molecule has 0 radical (unpaired) electrons. The average Bonchev–Trinajstić information content (AvgIpc) is 3.08. The number of sulfonamides is 1. The van der Waals surface area contributed by atoms with Gasteiger partial charge in [0, 0.05) is 11.6 Å². The lowest BCUT2D eigenvalue weighted by Crippen LogP contribution is -2.50. The molecule has 0 spiro atoms. The van der Waals surface area contributed by atoms with Gasteiger partial charge in [-0.2, -0.15) is 0 Å². The summed E-state index contributed by atoms with van der Waals surface area (Å²) in [6.45, 7) is 12.8. The number of nitrogens with zero attached hydrogens (tertiary/aromatic N) is 1. The smallest absolute Gasteiger partial charge is 0.264 e. The Labute approximate surface area is 229 Å². The topological polar surface area (TPSA) is 113 Å². The fourth-order valence-electron chi connectivity index (χ4n) is 5.97. The van der Waals surface area contributed by atoms with E-state index >= 15 is 0 Å². The van der Waals surface area contributed by atoms with Gasteiger partial charge in [0.05, 0.1) is 34.8 Å². The van der Waals surface area contributed by atoms with Crippen LogP contribution >= 0.6 is 0 Å². The van der Waals surface area contributed by atoms with Crippen LogP contribution in [0.4, 0.5) is 10.1 Å². The number of fused-ring (bicyclic) bond motifs is 2. The molecule has 4 rings (SSSR count). The Morgan fingerprint density at radius 2 is 1.62 bits per heavy atom. The van der Waals surface area contributed by atoms with Gasteiger partial charge in [-0.15, -0.1) is 0 Å². The average molecular weight is 574 g/mol. The van der Waals surface area contributed by atoms with Crippen LogP contribution < -0.4 is 14.7 Å². The number of aromatic hydroxyl groups is 1. The van der Waals surface area contributed by atoms with E-state index in [1.165, 1.54) is 28.8 Å². The van der Waals surface area contributed by atoms with Crippen LogP contribution in [0, 0.1) is 5.82 Å². The summed E-state index contributed by atoms with van der Waals surface area (Å²) in [6, 6.07) is 9.05. The molecular formula is C28H36FN3O5SSi. The summed E-state index contributed by atoms with van der Waals surface area (Å²) in [5.41, 5.74) is 1.12. The highest BCUT2D eigenvalue weighted by Gasteiger charge is 2.48. The van der Waals surface area contributed by atoms with Gasteiger partial charge < -0.3 is 14.5 Å². The first-order chi connectivity index (χ1) is 18.2. The molecule has 2 aromatic heterocycles. The van der Waals surface area contributed by atoms with Crippen LogP contribution in [0.15, 0.2) is 47.4 Å². The molecule has 0 aliphatic carbocycles. The van der Waals surface area contributed by atoms with Gasteiger partial charge >= 0.3 is 0 Å². The predicted octanol–water partition coefficient (Wildman–Crippen LogP) is 6.30. The second kappa shape index (κ2) is 10.3. The maximum Gasteiger partial charge on any atom is 0.264 e. The summed E-state index contributed by atoms with van der Waals surface area (Å²) >= 11 is 0. The van der Waals surface area contributed by atoms with Crippen LogP contribution in [0.1, 0.15) is 47.1 Å². The van der Waals surface area contributed by atoms with Gasteiger partial charge in [-0.1, -0.05) is 53.7 Å². The molecule has 0 fully saturated rings. The number of aromatic nitrogens is 2. The van der Waals surface area contributed by atoms with E-state index in [9.17, 15) is 22.7 Å². The summed E-state index contributed by atoms with van der Waals surface area (Å²) in [5.74, 6) is -0.434. The first-order valence-electron chi connectivity index (χ1n) is 13.0. The van der Waals surface area contributed by atoms with Crippen molar-refractivity contribution in [1.82, 2.24) is 9.55 Å². The van der Waals surface area contributed by atoms with E-state index in [1.807, 2.05) is 0 Å². The molecule has 0 aliphatic rings. The molecule has 0 amide bonds. The zero-order chi connectivity index (χ0) is 28.9. The zero-order valence-corrected chi connectivity index (χ0v) is 25.1. The molecule has 0 saturated carbocycles. The number of benzene rings is 2. The third-order valence-electron chi connectivity index (χ3n) is 7.55. The van der Waals surface area contributed by atoms with E-state index < -0.39 is 29.7 Å². The molecule has 4 aromatic rings. The van der Waals surface area contributed by atoms with Gasteiger partial charge in [0.2, 0.25) is 15.9 Å². The monoisotopic (exact) mass is 573 g/mol. The minimum absolute atomic E-state index is 0.0151. The van der Waals surface area contributed by atoms with Gasteiger partial charge in [0.25, 0.3) is 13.9 Å². The Kier molecular flexibility index (Phi) is 7.61. The molecular weight excluding hydrogens is 537 g/mol. The highest BCUT2D eigenvalue weighted by atomic mass is 32.2. The summed E-state index contributed by atoms with van der Waals surface area (Å²) in [5, 5.41) is 12.2. The molecule has 11 heteroatoms. The fraction of sp³-hybridized carbons (Fsp3) is 0.393. The van der Waals surface area contributed by atoms with Crippen molar-refractivity contribution in [3.8, 4) is 11.6 Å². The van der Waals surface area contributed by atoms with E-state index in [4.69, 9.17) is 4.43 Å². The van der Waals surface area contributed by atoms with Crippen LogP contribution in [0.25, 0.3) is 21.7 Å². The molecule has 2 heterocycles. The maximum absolute atomic E-state index is 13.9. The van der Waals surface area contributed by atoms with Crippen LogP contribution in [0.3, 0.4) is 0 Å². The van der Waals surface area contributed by atoms with E-state index in [0.29, 0.717) is 22.2 Å². The Balaban J connectivity index is 2.16. The number of hydrogen-bond donors (Lipinski definition) is 3. The summed E-state index contributed by atoms with van der Waals surface area (Å²) in [7, 11) is -6.40. The summed E-state index contributed by atoms with van der Waals surface area (Å²) in [4.78, 5) is 17.1. The number of H-pyrrole nitrogens is 1. The minimum Gasteiger partial charge on any atom is -0.541 e. The van der Waals surface area contributed by atoms with Gasteiger partial charge in [-0.3, -0.25) is 14.1 Å².